The van der Waals surface area contributed by atoms with E-state index in [9.17, 15) is 9.59 Å². The zero-order valence-corrected chi connectivity index (χ0v) is 12.1. The second-order valence-corrected chi connectivity index (χ2v) is 5.81. The van der Waals surface area contributed by atoms with Gasteiger partial charge in [0.05, 0.1) is 0 Å². The molecule has 5 nitrogen and oxygen atoms in total. The monoisotopic (exact) mass is 271 g/mol. The Kier molecular flexibility index (Phi) is 4.67. The third-order valence-corrected chi connectivity index (χ3v) is 3.32. The first-order chi connectivity index (χ1) is 8.25. The molecule has 0 saturated carbocycles. The van der Waals surface area contributed by atoms with Crippen LogP contribution in [0, 0.1) is 11.8 Å². The van der Waals surface area contributed by atoms with Crippen LogP contribution in [0.3, 0.4) is 0 Å². The highest BCUT2D eigenvalue weighted by atomic mass is 32.1. The SMILES string of the molecule is CC(C)CC(C(N)=O)N1C(=O)[C@H](C(C)C)NC1=S. The van der Waals surface area contributed by atoms with Crippen molar-refractivity contribution in [3.8, 4) is 0 Å². The molecule has 0 aromatic heterocycles. The summed E-state index contributed by atoms with van der Waals surface area (Å²) >= 11 is 5.15. The van der Waals surface area contributed by atoms with Crippen LogP contribution < -0.4 is 11.1 Å². The minimum Gasteiger partial charge on any atom is -0.368 e. The molecule has 102 valence electrons. The van der Waals surface area contributed by atoms with Crippen molar-refractivity contribution in [3.05, 3.63) is 0 Å². The van der Waals surface area contributed by atoms with Gasteiger partial charge >= 0.3 is 0 Å². The summed E-state index contributed by atoms with van der Waals surface area (Å²) in [7, 11) is 0. The molecule has 1 aliphatic heterocycles. The third-order valence-electron chi connectivity index (χ3n) is 3.00. The quantitative estimate of drug-likeness (QED) is 0.719. The van der Waals surface area contributed by atoms with E-state index < -0.39 is 11.9 Å². The van der Waals surface area contributed by atoms with Gasteiger partial charge < -0.3 is 11.1 Å². The Balaban J connectivity index is 2.95. The van der Waals surface area contributed by atoms with Crippen molar-refractivity contribution in [2.45, 2.75) is 46.2 Å². The zero-order valence-electron chi connectivity index (χ0n) is 11.3. The number of nitrogens with two attached hydrogens (primary N) is 1. The average Bonchev–Trinajstić information content (AvgIpc) is 2.51. The molecule has 1 unspecified atom stereocenters. The van der Waals surface area contributed by atoms with Crippen molar-refractivity contribution in [1.82, 2.24) is 10.2 Å². The Bertz CT molecular complexity index is 368. The van der Waals surface area contributed by atoms with E-state index in [1.54, 1.807) is 0 Å². The Hall–Kier alpha value is -1.17. The van der Waals surface area contributed by atoms with Crippen LogP contribution in [0.5, 0.6) is 0 Å². The van der Waals surface area contributed by atoms with Crippen molar-refractivity contribution in [2.75, 3.05) is 0 Å². The van der Waals surface area contributed by atoms with Gasteiger partial charge in [-0.25, -0.2) is 0 Å². The first-order valence-electron chi connectivity index (χ1n) is 6.18. The van der Waals surface area contributed by atoms with E-state index in [0.29, 0.717) is 11.5 Å². The average molecular weight is 271 g/mol. The summed E-state index contributed by atoms with van der Waals surface area (Å²) in [5, 5.41) is 3.27. The molecule has 2 atom stereocenters. The summed E-state index contributed by atoms with van der Waals surface area (Å²) in [6.07, 6.45) is 0.522. The van der Waals surface area contributed by atoms with Gasteiger partial charge in [0.25, 0.3) is 5.91 Å². The molecule has 1 heterocycles. The van der Waals surface area contributed by atoms with Gasteiger partial charge in [-0.3, -0.25) is 14.5 Å². The molecule has 0 aromatic carbocycles. The minimum atomic E-state index is -0.652. The molecular formula is C12H21N3O2S. The first kappa shape index (κ1) is 14.9. The number of hydrogen-bond acceptors (Lipinski definition) is 3. The van der Waals surface area contributed by atoms with Crippen LogP contribution in [-0.2, 0) is 9.59 Å². The van der Waals surface area contributed by atoms with Gasteiger partial charge in [-0.1, -0.05) is 27.7 Å². The summed E-state index contributed by atoms with van der Waals surface area (Å²) in [6.45, 7) is 7.83. The standard InChI is InChI=1S/C12H21N3O2S/c1-6(2)5-8(10(13)16)15-11(17)9(7(3)4)14-12(15)18/h6-9H,5H2,1-4H3,(H2,13,16)(H,14,18)/t8?,9-/m0/s1. The maximum absolute atomic E-state index is 12.3. The highest BCUT2D eigenvalue weighted by Gasteiger charge is 2.42. The zero-order chi connectivity index (χ0) is 14.0. The van der Waals surface area contributed by atoms with Crippen LogP contribution in [0.25, 0.3) is 0 Å². The largest absolute Gasteiger partial charge is 0.368 e. The molecular weight excluding hydrogens is 250 g/mol. The fourth-order valence-electron chi connectivity index (χ4n) is 2.06. The van der Waals surface area contributed by atoms with Gasteiger partial charge in [-0.05, 0) is 30.5 Å². The van der Waals surface area contributed by atoms with E-state index in [2.05, 4.69) is 5.32 Å². The van der Waals surface area contributed by atoms with Crippen LogP contribution in [0.15, 0.2) is 0 Å². The van der Waals surface area contributed by atoms with Crippen LogP contribution in [0.4, 0.5) is 0 Å². The summed E-state index contributed by atoms with van der Waals surface area (Å²) < 4.78 is 0. The van der Waals surface area contributed by atoms with Gasteiger partial charge in [-0.2, -0.15) is 0 Å². The van der Waals surface area contributed by atoms with Crippen molar-refractivity contribution < 1.29 is 9.59 Å². The van der Waals surface area contributed by atoms with Crippen LogP contribution in [0.1, 0.15) is 34.1 Å². The predicted molar refractivity (Wildman–Crippen MR) is 73.6 cm³/mol. The highest BCUT2D eigenvalue weighted by molar-refractivity contribution is 7.80. The Morgan fingerprint density at radius 3 is 2.33 bits per heavy atom. The molecule has 1 saturated heterocycles. The van der Waals surface area contributed by atoms with Crippen LogP contribution >= 0.6 is 12.2 Å². The van der Waals surface area contributed by atoms with E-state index in [4.69, 9.17) is 18.0 Å². The molecule has 0 aliphatic carbocycles. The fourth-order valence-corrected chi connectivity index (χ4v) is 2.40. The number of hydrogen-bond donors (Lipinski definition) is 2. The van der Waals surface area contributed by atoms with Crippen LogP contribution in [0.2, 0.25) is 0 Å². The smallest absolute Gasteiger partial charge is 0.252 e. The number of carbonyl (C=O) groups is 2. The molecule has 2 amide bonds. The number of nitrogens with zero attached hydrogens (tertiary/aromatic N) is 1. The lowest BCUT2D eigenvalue weighted by Crippen LogP contribution is -2.49. The van der Waals surface area contributed by atoms with Crippen molar-refractivity contribution in [1.29, 1.82) is 0 Å². The minimum absolute atomic E-state index is 0.119. The van der Waals surface area contributed by atoms with E-state index in [1.165, 1.54) is 4.90 Å². The van der Waals surface area contributed by atoms with Crippen LogP contribution in [-0.4, -0.2) is 33.9 Å². The molecule has 0 aromatic rings. The van der Waals surface area contributed by atoms with Crippen molar-refractivity contribution in [2.24, 2.45) is 17.6 Å². The highest BCUT2D eigenvalue weighted by Crippen LogP contribution is 2.20. The molecule has 1 rings (SSSR count). The Labute approximate surface area is 113 Å². The molecule has 18 heavy (non-hydrogen) atoms. The number of amides is 2. The molecule has 0 radical (unpaired) electrons. The number of nitrogens with one attached hydrogen (secondary N) is 1. The maximum atomic E-state index is 12.3. The molecule has 6 heteroatoms. The van der Waals surface area contributed by atoms with E-state index in [1.807, 2.05) is 27.7 Å². The first-order valence-corrected chi connectivity index (χ1v) is 6.59. The van der Waals surface area contributed by atoms with Gasteiger partial charge in [0, 0.05) is 0 Å². The van der Waals surface area contributed by atoms with Gasteiger partial charge in [0.2, 0.25) is 5.91 Å². The number of carbonyl (C=O) groups excluding carboxylic acids is 2. The summed E-state index contributed by atoms with van der Waals surface area (Å²) in [4.78, 5) is 25.1. The number of rotatable bonds is 5. The van der Waals surface area contributed by atoms with Gasteiger partial charge in [0.1, 0.15) is 12.1 Å². The summed E-state index contributed by atoms with van der Waals surface area (Å²) in [5.74, 6) is -0.283. The maximum Gasteiger partial charge on any atom is 0.252 e. The van der Waals surface area contributed by atoms with Gasteiger partial charge in [-0.15, -0.1) is 0 Å². The second-order valence-electron chi connectivity index (χ2n) is 5.43. The Morgan fingerprint density at radius 1 is 1.44 bits per heavy atom. The fraction of sp³-hybridized carbons (Fsp3) is 0.750. The second kappa shape index (κ2) is 5.65. The molecule has 1 fully saturated rings. The topological polar surface area (TPSA) is 75.4 Å². The number of primary amides is 1. The van der Waals surface area contributed by atoms with Crippen molar-refractivity contribution >= 4 is 29.1 Å². The molecule has 0 bridgehead atoms. The molecule has 3 N–H and O–H groups in total. The van der Waals surface area contributed by atoms with Crippen molar-refractivity contribution in [3.63, 3.8) is 0 Å². The molecule has 0 spiro atoms. The van der Waals surface area contributed by atoms with E-state index in [-0.39, 0.29) is 23.8 Å². The lowest BCUT2D eigenvalue weighted by Gasteiger charge is -2.25. The lowest BCUT2D eigenvalue weighted by molar-refractivity contribution is -0.135. The Morgan fingerprint density at radius 2 is 2.00 bits per heavy atom. The van der Waals surface area contributed by atoms with E-state index in [0.717, 1.165) is 0 Å². The summed E-state index contributed by atoms with van der Waals surface area (Å²) in [5.41, 5.74) is 5.39. The number of thiocarbonyl (C=S) groups is 1. The molecule has 1 aliphatic rings. The lowest BCUT2D eigenvalue weighted by atomic mass is 10.0. The normalized spacial score (nSPS) is 21.7. The summed E-state index contributed by atoms with van der Waals surface area (Å²) in [6, 6.07) is -1.01. The van der Waals surface area contributed by atoms with Gasteiger partial charge in [0.15, 0.2) is 5.11 Å². The van der Waals surface area contributed by atoms with E-state index >= 15 is 0 Å². The third kappa shape index (κ3) is 2.98. The predicted octanol–water partition coefficient (Wildman–Crippen LogP) is 0.628.